The second-order valence-electron chi connectivity index (χ2n) is 5.43. The molecule has 0 saturated heterocycles. The molecule has 0 unspecified atom stereocenters. The maximum Gasteiger partial charge on any atom is 0.194 e. The molecule has 0 bridgehead atoms. The lowest BCUT2D eigenvalue weighted by Gasteiger charge is -2.20. The molecular weight excluding hydrogens is 248 g/mol. The Morgan fingerprint density at radius 2 is 1.40 bits per heavy atom. The summed E-state index contributed by atoms with van der Waals surface area (Å²) < 4.78 is 0. The fourth-order valence-electron chi connectivity index (χ4n) is 2.74. The van der Waals surface area contributed by atoms with Crippen LogP contribution in [-0.2, 0) is 6.42 Å². The number of fused-ring (bicyclic) bond motifs is 2. The third kappa shape index (κ3) is 1.88. The maximum absolute atomic E-state index is 12.7. The molecule has 2 heteroatoms. The van der Waals surface area contributed by atoms with Crippen LogP contribution in [0.1, 0.15) is 51.3 Å². The zero-order valence-electron chi connectivity index (χ0n) is 11.6. The normalized spacial score (nSPS) is 13.3. The summed E-state index contributed by atoms with van der Waals surface area (Å²) in [7, 11) is 0. The van der Waals surface area contributed by atoms with Crippen molar-refractivity contribution in [1.82, 2.24) is 0 Å². The topological polar surface area (TPSA) is 34.1 Å². The molecule has 2 aromatic rings. The van der Waals surface area contributed by atoms with Gasteiger partial charge in [0.1, 0.15) is 0 Å². The number of hydrogen-bond acceptors (Lipinski definition) is 2. The average Bonchev–Trinajstić information content (AvgIpc) is 2.44. The van der Waals surface area contributed by atoms with Crippen molar-refractivity contribution in [3.63, 3.8) is 0 Å². The maximum atomic E-state index is 12.7. The van der Waals surface area contributed by atoms with Gasteiger partial charge in [-0.3, -0.25) is 9.59 Å². The predicted octanol–water partition coefficient (Wildman–Crippen LogP) is 3.62. The fraction of sp³-hybridized carbons (Fsp3) is 0.167. The van der Waals surface area contributed by atoms with Crippen LogP contribution in [-0.4, -0.2) is 11.6 Å². The predicted molar refractivity (Wildman–Crippen MR) is 78.0 cm³/mol. The Kier molecular flexibility index (Phi) is 3.01. The third-order valence-corrected chi connectivity index (χ3v) is 3.58. The van der Waals surface area contributed by atoms with Crippen LogP contribution in [0, 0.1) is 5.92 Å². The van der Waals surface area contributed by atoms with Gasteiger partial charge in [0, 0.05) is 22.3 Å². The molecule has 3 rings (SSSR count). The largest absolute Gasteiger partial charge is 0.289 e. The Labute approximate surface area is 118 Å². The second kappa shape index (κ2) is 4.71. The summed E-state index contributed by atoms with van der Waals surface area (Å²) in [6.07, 6.45) is 0.727. The van der Waals surface area contributed by atoms with E-state index in [1.807, 2.05) is 26.0 Å². The van der Waals surface area contributed by atoms with Gasteiger partial charge in [-0.25, -0.2) is 0 Å². The summed E-state index contributed by atoms with van der Waals surface area (Å²) in [4.78, 5) is 25.2. The Bertz CT molecular complexity index is 711. The first-order valence-electron chi connectivity index (χ1n) is 6.69. The van der Waals surface area contributed by atoms with E-state index in [9.17, 15) is 9.59 Å². The van der Waals surface area contributed by atoms with Crippen LogP contribution in [0.2, 0.25) is 0 Å². The summed E-state index contributed by atoms with van der Waals surface area (Å²) >= 11 is 0. The molecule has 1 aliphatic rings. The van der Waals surface area contributed by atoms with Crippen LogP contribution in [0.15, 0.2) is 42.5 Å². The quantitative estimate of drug-likeness (QED) is 0.707. The van der Waals surface area contributed by atoms with E-state index in [4.69, 9.17) is 0 Å². The summed E-state index contributed by atoms with van der Waals surface area (Å²) in [5.74, 6) is 1.13. The molecule has 0 saturated carbocycles. The zero-order chi connectivity index (χ0) is 14.3. The molecule has 0 aromatic heterocycles. The van der Waals surface area contributed by atoms with Gasteiger partial charge in [-0.2, -0.15) is 0 Å². The van der Waals surface area contributed by atoms with Gasteiger partial charge < -0.3 is 0 Å². The minimum atomic E-state index is -0.0502. The molecule has 99 valence electrons. The summed E-state index contributed by atoms with van der Waals surface area (Å²) in [5, 5.41) is 0. The second-order valence-corrected chi connectivity index (χ2v) is 5.43. The molecule has 0 atom stereocenters. The number of carbonyl (C=O) groups is 2. The van der Waals surface area contributed by atoms with Crippen molar-refractivity contribution in [3.05, 3.63) is 76.2 Å². The van der Waals surface area contributed by atoms with E-state index < -0.39 is 0 Å². The van der Waals surface area contributed by atoms with Gasteiger partial charge in [0.05, 0.1) is 0 Å². The van der Waals surface area contributed by atoms with Crippen molar-refractivity contribution in [2.45, 2.75) is 20.3 Å². The van der Waals surface area contributed by atoms with Gasteiger partial charge in [0.25, 0.3) is 0 Å². The van der Waals surface area contributed by atoms with Crippen molar-refractivity contribution in [1.29, 1.82) is 0 Å². The molecular formula is C18H15O2. The molecule has 1 radical (unpaired) electrons. The van der Waals surface area contributed by atoms with E-state index in [2.05, 4.69) is 0 Å². The summed E-state index contributed by atoms with van der Waals surface area (Å²) in [6, 6.07) is 12.6. The minimum absolute atomic E-state index is 0.0351. The van der Waals surface area contributed by atoms with Crippen molar-refractivity contribution in [3.8, 4) is 0 Å². The van der Waals surface area contributed by atoms with E-state index in [1.165, 1.54) is 5.92 Å². The monoisotopic (exact) mass is 263 g/mol. The van der Waals surface area contributed by atoms with Gasteiger partial charge in [-0.15, -0.1) is 0 Å². The lowest BCUT2D eigenvalue weighted by Crippen LogP contribution is -2.22. The van der Waals surface area contributed by atoms with E-state index in [1.54, 1.807) is 30.3 Å². The first-order valence-corrected chi connectivity index (χ1v) is 6.69. The van der Waals surface area contributed by atoms with Gasteiger partial charge in [-0.05, 0) is 17.9 Å². The highest BCUT2D eigenvalue weighted by atomic mass is 16.1. The van der Waals surface area contributed by atoms with Crippen LogP contribution in [0.25, 0.3) is 0 Å². The van der Waals surface area contributed by atoms with Gasteiger partial charge in [0.2, 0.25) is 0 Å². The first-order chi connectivity index (χ1) is 9.59. The number of benzene rings is 2. The average molecular weight is 263 g/mol. The van der Waals surface area contributed by atoms with Crippen LogP contribution in [0.4, 0.5) is 0 Å². The number of carbonyl (C=O) groups excluding carboxylic acids is 2. The van der Waals surface area contributed by atoms with Crippen LogP contribution >= 0.6 is 0 Å². The fourth-order valence-corrected chi connectivity index (χ4v) is 2.74. The number of rotatable bonds is 2. The highest BCUT2D eigenvalue weighted by molar-refractivity contribution is 6.28. The van der Waals surface area contributed by atoms with Crippen molar-refractivity contribution in [2.75, 3.05) is 0 Å². The lowest BCUT2D eigenvalue weighted by molar-refractivity contribution is 0.0978. The first kappa shape index (κ1) is 12.8. The smallest absolute Gasteiger partial charge is 0.194 e. The van der Waals surface area contributed by atoms with Gasteiger partial charge >= 0.3 is 0 Å². The molecule has 0 heterocycles. The molecule has 20 heavy (non-hydrogen) atoms. The summed E-state index contributed by atoms with van der Waals surface area (Å²) in [5.41, 5.74) is 3.09. The number of ketones is 2. The molecule has 0 fully saturated rings. The third-order valence-electron chi connectivity index (χ3n) is 3.58. The molecule has 0 aliphatic heterocycles. The molecule has 0 spiro atoms. The standard InChI is InChI=1S/C18H15O2/c1-11(2)10-12-6-5-9-15-16(12)18(20)14-8-4-3-7-13(14)17(15)19/h3-9H,10H2,1-2H3. The van der Waals surface area contributed by atoms with E-state index >= 15 is 0 Å². The van der Waals surface area contributed by atoms with Crippen LogP contribution in [0.5, 0.6) is 0 Å². The highest BCUT2D eigenvalue weighted by Gasteiger charge is 2.30. The number of hydrogen-bond donors (Lipinski definition) is 0. The van der Waals surface area contributed by atoms with Crippen LogP contribution in [0.3, 0.4) is 0 Å². The minimum Gasteiger partial charge on any atom is -0.289 e. The zero-order valence-corrected chi connectivity index (χ0v) is 11.6. The van der Waals surface area contributed by atoms with Crippen molar-refractivity contribution in [2.24, 2.45) is 0 Å². The molecule has 2 nitrogen and oxygen atoms in total. The molecule has 0 N–H and O–H groups in total. The molecule has 1 aliphatic carbocycles. The molecule has 2 aromatic carbocycles. The lowest BCUT2D eigenvalue weighted by atomic mass is 9.80. The van der Waals surface area contributed by atoms with Gasteiger partial charge in [0.15, 0.2) is 11.6 Å². The van der Waals surface area contributed by atoms with Crippen molar-refractivity contribution < 1.29 is 9.59 Å². The highest BCUT2D eigenvalue weighted by Crippen LogP contribution is 2.30. The van der Waals surface area contributed by atoms with E-state index in [0.29, 0.717) is 22.3 Å². The van der Waals surface area contributed by atoms with Crippen molar-refractivity contribution >= 4 is 11.6 Å². The van der Waals surface area contributed by atoms with E-state index in [-0.39, 0.29) is 11.6 Å². The summed E-state index contributed by atoms with van der Waals surface area (Å²) in [6.45, 7) is 4.06. The Morgan fingerprint density at radius 3 is 2.05 bits per heavy atom. The SMILES string of the molecule is C[C](C)Cc1cccc2c1C(=O)c1ccccc1C2=O. The Balaban J connectivity index is 2.23. The Hall–Kier alpha value is -2.22. The molecule has 0 amide bonds. The van der Waals surface area contributed by atoms with Crippen LogP contribution < -0.4 is 0 Å². The van der Waals surface area contributed by atoms with E-state index in [0.717, 1.165) is 12.0 Å². The van der Waals surface area contributed by atoms with Gasteiger partial charge in [-0.1, -0.05) is 56.3 Å². The Morgan fingerprint density at radius 1 is 0.800 bits per heavy atom.